The minimum Gasteiger partial charge on any atom is -0.393 e. The highest BCUT2D eigenvalue weighted by Gasteiger charge is 2.55. The summed E-state index contributed by atoms with van der Waals surface area (Å²) in [5.74, 6) is 4.49. The van der Waals surface area contributed by atoms with Crippen molar-refractivity contribution in [3.63, 3.8) is 0 Å². The molecule has 4 rings (SSSR count). The van der Waals surface area contributed by atoms with Gasteiger partial charge in [0, 0.05) is 12.8 Å². The SMILES string of the molecule is C[C@@]12C[C@@H]3CC[C@H]4CC(=O)CC[C@@H]4[C@H]3C[C@H]1CC[C@H]2O. The summed E-state index contributed by atoms with van der Waals surface area (Å²) >= 11 is 0. The monoisotopic (exact) mass is 276 g/mol. The molecule has 0 bridgehead atoms. The Kier molecular flexibility index (Phi) is 3.03. The van der Waals surface area contributed by atoms with E-state index in [2.05, 4.69) is 6.92 Å². The van der Waals surface area contributed by atoms with Gasteiger partial charge in [-0.15, -0.1) is 0 Å². The topological polar surface area (TPSA) is 37.3 Å². The first kappa shape index (κ1) is 13.3. The van der Waals surface area contributed by atoms with Gasteiger partial charge in [-0.3, -0.25) is 4.79 Å². The van der Waals surface area contributed by atoms with Crippen LogP contribution < -0.4 is 0 Å². The lowest BCUT2D eigenvalue weighted by molar-refractivity contribution is -0.127. The Balaban J connectivity index is 1.56. The zero-order valence-electron chi connectivity index (χ0n) is 12.7. The molecular weight excluding hydrogens is 248 g/mol. The highest BCUT2D eigenvalue weighted by atomic mass is 16.3. The lowest BCUT2D eigenvalue weighted by Gasteiger charge is -2.54. The molecule has 0 saturated heterocycles. The maximum absolute atomic E-state index is 11.7. The van der Waals surface area contributed by atoms with E-state index in [0.29, 0.717) is 11.7 Å². The highest BCUT2D eigenvalue weighted by molar-refractivity contribution is 5.79. The van der Waals surface area contributed by atoms with E-state index in [9.17, 15) is 9.90 Å². The fourth-order valence-corrected chi connectivity index (χ4v) is 6.48. The van der Waals surface area contributed by atoms with Crippen LogP contribution in [0.15, 0.2) is 0 Å². The standard InChI is InChI=1S/C18H28O2/c1-18-10-12-3-2-11-8-14(19)5-6-15(11)16(12)9-13(18)4-7-17(18)20/h11-13,15-17,20H,2-10H2,1H3/t11-,12-,13+,15-,16-,17+,18+/m0/s1. The smallest absolute Gasteiger partial charge is 0.133 e. The second-order valence-electron chi connectivity index (χ2n) is 8.44. The molecule has 4 fully saturated rings. The van der Waals surface area contributed by atoms with Gasteiger partial charge in [0.15, 0.2) is 0 Å². The Bertz CT molecular complexity index is 418. The van der Waals surface area contributed by atoms with Crippen LogP contribution in [0.5, 0.6) is 0 Å². The lowest BCUT2D eigenvalue weighted by atomic mass is 9.51. The molecule has 4 aliphatic rings. The van der Waals surface area contributed by atoms with Crippen molar-refractivity contribution in [1.29, 1.82) is 0 Å². The number of carbonyl (C=O) groups excluding carboxylic acids is 1. The van der Waals surface area contributed by atoms with Crippen molar-refractivity contribution >= 4 is 5.78 Å². The maximum atomic E-state index is 11.7. The van der Waals surface area contributed by atoms with Crippen molar-refractivity contribution in [3.05, 3.63) is 0 Å². The van der Waals surface area contributed by atoms with Gasteiger partial charge in [-0.1, -0.05) is 6.92 Å². The summed E-state index contributed by atoms with van der Waals surface area (Å²) in [5.41, 5.74) is 0.207. The van der Waals surface area contributed by atoms with Gasteiger partial charge in [0.1, 0.15) is 5.78 Å². The van der Waals surface area contributed by atoms with E-state index >= 15 is 0 Å². The van der Waals surface area contributed by atoms with Crippen molar-refractivity contribution in [2.75, 3.05) is 0 Å². The zero-order valence-corrected chi connectivity index (χ0v) is 12.7. The number of fused-ring (bicyclic) bond motifs is 4. The molecule has 1 N–H and O–H groups in total. The van der Waals surface area contributed by atoms with E-state index in [1.807, 2.05) is 0 Å². The summed E-state index contributed by atoms with van der Waals surface area (Å²) in [4.78, 5) is 11.7. The van der Waals surface area contributed by atoms with Gasteiger partial charge in [0.05, 0.1) is 6.10 Å². The van der Waals surface area contributed by atoms with Crippen LogP contribution in [0.4, 0.5) is 0 Å². The van der Waals surface area contributed by atoms with Crippen LogP contribution in [-0.2, 0) is 4.79 Å². The van der Waals surface area contributed by atoms with E-state index in [0.717, 1.165) is 49.4 Å². The Hall–Kier alpha value is -0.370. The van der Waals surface area contributed by atoms with Gasteiger partial charge < -0.3 is 5.11 Å². The molecular formula is C18H28O2. The molecule has 0 spiro atoms. The average Bonchev–Trinajstić information content (AvgIpc) is 2.71. The Labute approximate surface area is 122 Å². The van der Waals surface area contributed by atoms with Gasteiger partial charge in [0.25, 0.3) is 0 Å². The van der Waals surface area contributed by atoms with Crippen molar-refractivity contribution in [3.8, 4) is 0 Å². The number of hydrogen-bond donors (Lipinski definition) is 1. The van der Waals surface area contributed by atoms with E-state index in [1.165, 1.54) is 32.1 Å². The molecule has 0 radical (unpaired) electrons. The number of hydrogen-bond acceptors (Lipinski definition) is 2. The van der Waals surface area contributed by atoms with E-state index in [1.54, 1.807) is 0 Å². The molecule has 20 heavy (non-hydrogen) atoms. The third kappa shape index (κ3) is 1.83. The second-order valence-corrected chi connectivity index (χ2v) is 8.44. The average molecular weight is 276 g/mol. The molecule has 4 aliphatic carbocycles. The number of Topliss-reactive ketones (excluding diaryl/α,β-unsaturated/α-hetero) is 1. The lowest BCUT2D eigenvalue weighted by Crippen LogP contribution is -2.48. The highest BCUT2D eigenvalue weighted by Crippen LogP contribution is 2.61. The maximum Gasteiger partial charge on any atom is 0.133 e. The van der Waals surface area contributed by atoms with Gasteiger partial charge >= 0.3 is 0 Å². The number of carbonyl (C=O) groups is 1. The summed E-state index contributed by atoms with van der Waals surface area (Å²) in [6.07, 6.45) is 10.3. The van der Waals surface area contributed by atoms with Crippen LogP contribution in [0.25, 0.3) is 0 Å². The molecule has 7 atom stereocenters. The first-order valence-corrected chi connectivity index (χ1v) is 8.77. The first-order valence-electron chi connectivity index (χ1n) is 8.77. The summed E-state index contributed by atoms with van der Waals surface area (Å²) < 4.78 is 0. The molecule has 0 aromatic rings. The van der Waals surface area contributed by atoms with E-state index in [4.69, 9.17) is 0 Å². The summed E-state index contributed by atoms with van der Waals surface area (Å²) in [6.45, 7) is 2.35. The van der Waals surface area contributed by atoms with Crippen molar-refractivity contribution in [2.24, 2.45) is 35.0 Å². The van der Waals surface area contributed by atoms with E-state index < -0.39 is 0 Å². The predicted molar refractivity (Wildman–Crippen MR) is 78.1 cm³/mol. The summed E-state index contributed by atoms with van der Waals surface area (Å²) in [6, 6.07) is 0. The molecule has 112 valence electrons. The van der Waals surface area contributed by atoms with Crippen LogP contribution in [0.1, 0.15) is 64.7 Å². The van der Waals surface area contributed by atoms with Crippen molar-refractivity contribution in [1.82, 2.24) is 0 Å². The van der Waals surface area contributed by atoms with Gasteiger partial charge in [-0.05, 0) is 80.0 Å². The van der Waals surface area contributed by atoms with Gasteiger partial charge in [0.2, 0.25) is 0 Å². The number of rotatable bonds is 0. The molecule has 0 amide bonds. The zero-order chi connectivity index (χ0) is 13.9. The molecule has 0 aliphatic heterocycles. The normalized spacial score (nSPS) is 55.0. The van der Waals surface area contributed by atoms with Gasteiger partial charge in [-0.25, -0.2) is 0 Å². The van der Waals surface area contributed by atoms with Crippen LogP contribution >= 0.6 is 0 Å². The quantitative estimate of drug-likeness (QED) is 0.734. The Morgan fingerprint density at radius 2 is 1.85 bits per heavy atom. The fourth-order valence-electron chi connectivity index (χ4n) is 6.48. The van der Waals surface area contributed by atoms with Crippen LogP contribution in [0.2, 0.25) is 0 Å². The van der Waals surface area contributed by atoms with Crippen LogP contribution in [0.3, 0.4) is 0 Å². The number of ketones is 1. The third-order valence-electron chi connectivity index (χ3n) is 7.66. The largest absolute Gasteiger partial charge is 0.393 e. The van der Waals surface area contributed by atoms with Crippen LogP contribution in [-0.4, -0.2) is 17.0 Å². The molecule has 0 aromatic heterocycles. The summed E-state index contributed by atoms with van der Waals surface area (Å²) in [5, 5.41) is 10.4. The third-order valence-corrected chi connectivity index (χ3v) is 7.66. The predicted octanol–water partition coefficient (Wildman–Crippen LogP) is 3.57. The van der Waals surface area contributed by atoms with Gasteiger partial charge in [-0.2, -0.15) is 0 Å². The van der Waals surface area contributed by atoms with Crippen molar-refractivity contribution < 1.29 is 9.90 Å². The molecule has 2 nitrogen and oxygen atoms in total. The Morgan fingerprint density at radius 1 is 1.05 bits per heavy atom. The molecule has 4 saturated carbocycles. The molecule has 0 heterocycles. The summed E-state index contributed by atoms with van der Waals surface area (Å²) in [7, 11) is 0. The Morgan fingerprint density at radius 3 is 2.70 bits per heavy atom. The van der Waals surface area contributed by atoms with E-state index in [-0.39, 0.29) is 11.5 Å². The van der Waals surface area contributed by atoms with Crippen molar-refractivity contribution in [2.45, 2.75) is 70.8 Å². The fraction of sp³-hybridized carbons (Fsp3) is 0.944. The first-order chi connectivity index (χ1) is 9.58. The second kappa shape index (κ2) is 4.56. The molecule has 0 aromatic carbocycles. The molecule has 2 heteroatoms. The number of aliphatic hydroxyl groups is 1. The molecule has 0 unspecified atom stereocenters. The number of aliphatic hydroxyl groups excluding tert-OH is 1. The minimum absolute atomic E-state index is 0.0564. The van der Waals surface area contributed by atoms with Crippen LogP contribution in [0, 0.1) is 35.0 Å². The minimum atomic E-state index is -0.0564.